The van der Waals surface area contributed by atoms with Gasteiger partial charge in [0.05, 0.1) is 6.04 Å². The molecule has 0 radical (unpaired) electrons. The first-order valence-corrected chi connectivity index (χ1v) is 6.19. The summed E-state index contributed by atoms with van der Waals surface area (Å²) in [5, 5.41) is 0. The number of carbonyl (C=O) groups excluding carboxylic acids is 1. The molecular formula is C12H25N3O. The maximum atomic E-state index is 11.8. The highest BCUT2D eigenvalue weighted by molar-refractivity contribution is 5.81. The molecule has 94 valence electrons. The van der Waals surface area contributed by atoms with Crippen molar-refractivity contribution in [2.75, 3.05) is 20.1 Å². The zero-order valence-electron chi connectivity index (χ0n) is 10.9. The molecule has 0 aromatic rings. The number of rotatable bonds is 3. The molecule has 4 heteroatoms. The Labute approximate surface area is 98.8 Å². The van der Waals surface area contributed by atoms with Crippen LogP contribution in [0.1, 0.15) is 33.6 Å². The molecule has 1 saturated heterocycles. The SMILES string of the molecule is CC(N)C(=O)N1CCC[C@H](N(C)C(C)C)C1. The van der Waals surface area contributed by atoms with E-state index in [1.165, 1.54) is 6.42 Å². The van der Waals surface area contributed by atoms with Gasteiger partial charge in [0.25, 0.3) is 0 Å². The summed E-state index contributed by atoms with van der Waals surface area (Å²) in [7, 11) is 2.13. The second-order valence-electron chi connectivity index (χ2n) is 5.13. The van der Waals surface area contributed by atoms with Gasteiger partial charge in [-0.3, -0.25) is 9.69 Å². The molecule has 2 atom stereocenters. The first-order chi connectivity index (χ1) is 7.43. The number of amides is 1. The number of likely N-dealkylation sites (tertiary alicyclic amines) is 1. The molecule has 0 aromatic carbocycles. The van der Waals surface area contributed by atoms with Crippen LogP contribution in [0.5, 0.6) is 0 Å². The first-order valence-electron chi connectivity index (χ1n) is 6.19. The second kappa shape index (κ2) is 5.64. The summed E-state index contributed by atoms with van der Waals surface area (Å²) in [6, 6.07) is 0.634. The fraction of sp³-hybridized carbons (Fsp3) is 0.917. The van der Waals surface area contributed by atoms with E-state index < -0.39 is 0 Å². The molecule has 1 amide bonds. The van der Waals surface area contributed by atoms with Crippen LogP contribution in [0.25, 0.3) is 0 Å². The van der Waals surface area contributed by atoms with Crippen molar-refractivity contribution in [3.05, 3.63) is 0 Å². The van der Waals surface area contributed by atoms with Crippen LogP contribution in [-0.4, -0.2) is 54.0 Å². The van der Waals surface area contributed by atoms with E-state index in [-0.39, 0.29) is 11.9 Å². The van der Waals surface area contributed by atoms with Crippen LogP contribution in [0, 0.1) is 0 Å². The third-order valence-electron chi connectivity index (χ3n) is 3.49. The monoisotopic (exact) mass is 227 g/mol. The van der Waals surface area contributed by atoms with Gasteiger partial charge in [-0.1, -0.05) is 0 Å². The molecule has 1 rings (SSSR count). The minimum atomic E-state index is -0.372. The van der Waals surface area contributed by atoms with Gasteiger partial charge in [-0.2, -0.15) is 0 Å². The normalized spacial score (nSPS) is 23.9. The Hall–Kier alpha value is -0.610. The van der Waals surface area contributed by atoms with Crippen LogP contribution in [0.15, 0.2) is 0 Å². The largest absolute Gasteiger partial charge is 0.340 e. The summed E-state index contributed by atoms with van der Waals surface area (Å²) in [6.45, 7) is 7.83. The minimum absolute atomic E-state index is 0.0851. The standard InChI is InChI=1S/C12H25N3O/c1-9(2)14(4)11-6-5-7-15(8-11)12(16)10(3)13/h9-11H,5-8,13H2,1-4H3/t10?,11-/m0/s1. The predicted octanol–water partition coefficient (Wildman–Crippen LogP) is 0.665. The smallest absolute Gasteiger partial charge is 0.239 e. The predicted molar refractivity (Wildman–Crippen MR) is 66.2 cm³/mol. The van der Waals surface area contributed by atoms with Gasteiger partial charge >= 0.3 is 0 Å². The molecule has 0 saturated carbocycles. The van der Waals surface area contributed by atoms with Crippen LogP contribution in [0.3, 0.4) is 0 Å². The van der Waals surface area contributed by atoms with Crippen molar-refractivity contribution in [2.24, 2.45) is 5.73 Å². The van der Waals surface area contributed by atoms with E-state index >= 15 is 0 Å². The third-order valence-corrected chi connectivity index (χ3v) is 3.49. The van der Waals surface area contributed by atoms with Gasteiger partial charge in [0, 0.05) is 25.2 Å². The second-order valence-corrected chi connectivity index (χ2v) is 5.13. The maximum absolute atomic E-state index is 11.8. The molecule has 1 unspecified atom stereocenters. The third kappa shape index (κ3) is 3.19. The molecule has 2 N–H and O–H groups in total. The highest BCUT2D eigenvalue weighted by Gasteiger charge is 2.28. The zero-order valence-corrected chi connectivity index (χ0v) is 10.9. The van der Waals surface area contributed by atoms with E-state index in [0.717, 1.165) is 19.5 Å². The van der Waals surface area contributed by atoms with Crippen molar-refractivity contribution in [1.82, 2.24) is 9.80 Å². The number of piperidine rings is 1. The van der Waals surface area contributed by atoms with Crippen molar-refractivity contribution in [3.63, 3.8) is 0 Å². The van der Waals surface area contributed by atoms with E-state index in [2.05, 4.69) is 25.8 Å². The number of likely N-dealkylation sites (N-methyl/N-ethyl adjacent to an activating group) is 1. The fourth-order valence-electron chi connectivity index (χ4n) is 2.20. The first kappa shape index (κ1) is 13.5. The maximum Gasteiger partial charge on any atom is 0.239 e. The average Bonchev–Trinajstić information content (AvgIpc) is 2.26. The van der Waals surface area contributed by atoms with Crippen molar-refractivity contribution in [2.45, 2.75) is 51.7 Å². The summed E-state index contributed by atoms with van der Waals surface area (Å²) in [4.78, 5) is 16.1. The van der Waals surface area contributed by atoms with Crippen LogP contribution in [-0.2, 0) is 4.79 Å². The Bertz CT molecular complexity index is 240. The van der Waals surface area contributed by atoms with E-state index in [0.29, 0.717) is 12.1 Å². The van der Waals surface area contributed by atoms with E-state index in [9.17, 15) is 4.79 Å². The lowest BCUT2D eigenvalue weighted by Crippen LogP contribution is -2.53. The van der Waals surface area contributed by atoms with Gasteiger partial charge < -0.3 is 10.6 Å². The average molecular weight is 227 g/mol. The Morgan fingerprint density at radius 3 is 2.56 bits per heavy atom. The van der Waals surface area contributed by atoms with Gasteiger partial charge in [0.15, 0.2) is 0 Å². The van der Waals surface area contributed by atoms with Gasteiger partial charge in [-0.05, 0) is 40.7 Å². The van der Waals surface area contributed by atoms with Gasteiger partial charge in [-0.15, -0.1) is 0 Å². The summed E-state index contributed by atoms with van der Waals surface area (Å²) in [5.41, 5.74) is 5.64. The molecule has 16 heavy (non-hydrogen) atoms. The van der Waals surface area contributed by atoms with E-state index in [4.69, 9.17) is 5.73 Å². The van der Waals surface area contributed by atoms with Gasteiger partial charge in [-0.25, -0.2) is 0 Å². The van der Waals surface area contributed by atoms with E-state index in [1.54, 1.807) is 6.92 Å². The molecule has 1 fully saturated rings. The summed E-state index contributed by atoms with van der Waals surface area (Å²) < 4.78 is 0. The van der Waals surface area contributed by atoms with E-state index in [1.807, 2.05) is 4.90 Å². The molecule has 1 aliphatic rings. The highest BCUT2D eigenvalue weighted by atomic mass is 16.2. The van der Waals surface area contributed by atoms with Crippen molar-refractivity contribution < 1.29 is 4.79 Å². The van der Waals surface area contributed by atoms with Crippen LogP contribution in [0.2, 0.25) is 0 Å². The molecule has 4 nitrogen and oxygen atoms in total. The van der Waals surface area contributed by atoms with Crippen LogP contribution >= 0.6 is 0 Å². The quantitative estimate of drug-likeness (QED) is 0.771. The van der Waals surface area contributed by atoms with Crippen molar-refractivity contribution >= 4 is 5.91 Å². The number of nitrogens with zero attached hydrogens (tertiary/aromatic N) is 2. The van der Waals surface area contributed by atoms with Crippen LogP contribution in [0.4, 0.5) is 0 Å². The van der Waals surface area contributed by atoms with Crippen molar-refractivity contribution in [1.29, 1.82) is 0 Å². The Balaban J connectivity index is 2.56. The highest BCUT2D eigenvalue weighted by Crippen LogP contribution is 2.17. The summed E-state index contributed by atoms with van der Waals surface area (Å²) in [5.74, 6) is 0.0851. The molecule has 1 aliphatic heterocycles. The Morgan fingerprint density at radius 2 is 2.06 bits per heavy atom. The zero-order chi connectivity index (χ0) is 12.3. The Kier molecular flexibility index (Phi) is 4.74. The van der Waals surface area contributed by atoms with Crippen LogP contribution < -0.4 is 5.73 Å². The minimum Gasteiger partial charge on any atom is -0.340 e. The number of nitrogens with two attached hydrogens (primary N) is 1. The number of hydrogen-bond donors (Lipinski definition) is 1. The van der Waals surface area contributed by atoms with Gasteiger partial charge in [0.1, 0.15) is 0 Å². The molecular weight excluding hydrogens is 202 g/mol. The molecule has 0 bridgehead atoms. The molecule has 1 heterocycles. The number of carbonyl (C=O) groups is 1. The molecule has 0 aromatic heterocycles. The van der Waals surface area contributed by atoms with Gasteiger partial charge in [0.2, 0.25) is 5.91 Å². The Morgan fingerprint density at radius 1 is 1.44 bits per heavy atom. The molecule has 0 aliphatic carbocycles. The summed E-state index contributed by atoms with van der Waals surface area (Å²) in [6.07, 6.45) is 2.26. The lowest BCUT2D eigenvalue weighted by Gasteiger charge is -2.39. The fourth-order valence-corrected chi connectivity index (χ4v) is 2.20. The lowest BCUT2D eigenvalue weighted by atomic mass is 10.0. The molecule has 0 spiro atoms. The topological polar surface area (TPSA) is 49.6 Å². The lowest BCUT2D eigenvalue weighted by molar-refractivity contribution is -0.134. The van der Waals surface area contributed by atoms with Crippen molar-refractivity contribution in [3.8, 4) is 0 Å². The summed E-state index contributed by atoms with van der Waals surface area (Å²) >= 11 is 0. The number of hydrogen-bond acceptors (Lipinski definition) is 3.